The lowest BCUT2D eigenvalue weighted by Crippen LogP contribution is -2.41. The van der Waals surface area contributed by atoms with Gasteiger partial charge in [-0.25, -0.2) is 0 Å². The van der Waals surface area contributed by atoms with Crippen molar-refractivity contribution in [3.05, 3.63) is 65.6 Å². The number of fused-ring (bicyclic) bond motifs is 1. The van der Waals surface area contributed by atoms with Gasteiger partial charge in [-0.2, -0.15) is 0 Å². The van der Waals surface area contributed by atoms with Crippen LogP contribution in [-0.2, 0) is 19.1 Å². The number of amides is 2. The highest BCUT2D eigenvalue weighted by atomic mass is 16.5. The van der Waals surface area contributed by atoms with E-state index >= 15 is 0 Å². The lowest BCUT2D eigenvalue weighted by atomic mass is 10.0. The number of nitrogens with zero attached hydrogens (tertiary/aromatic N) is 1. The monoisotopic (exact) mass is 460 g/mol. The second-order valence-corrected chi connectivity index (χ2v) is 9.08. The van der Waals surface area contributed by atoms with E-state index in [0.717, 1.165) is 41.4 Å². The van der Waals surface area contributed by atoms with Crippen LogP contribution < -0.4 is 16.0 Å². The maximum Gasteiger partial charge on any atom is 0.260 e. The molecule has 3 heterocycles. The van der Waals surface area contributed by atoms with Crippen molar-refractivity contribution in [2.75, 3.05) is 42.3 Å². The molecule has 2 aromatic rings. The number of rotatable bonds is 4. The second-order valence-electron chi connectivity index (χ2n) is 9.08. The van der Waals surface area contributed by atoms with Crippen LogP contribution in [0, 0.1) is 0 Å². The van der Waals surface area contributed by atoms with Crippen LogP contribution >= 0.6 is 0 Å². The largest absolute Gasteiger partial charge is 0.481 e. The minimum absolute atomic E-state index is 0.124. The predicted molar refractivity (Wildman–Crippen MR) is 132 cm³/mol. The first-order chi connectivity index (χ1) is 16.3. The summed E-state index contributed by atoms with van der Waals surface area (Å²) >= 11 is 0. The normalized spacial score (nSPS) is 20.9. The summed E-state index contributed by atoms with van der Waals surface area (Å²) in [5.74, 6) is 0.289. The van der Waals surface area contributed by atoms with Gasteiger partial charge in [0.25, 0.3) is 5.91 Å². The van der Waals surface area contributed by atoms with E-state index in [9.17, 15) is 9.59 Å². The lowest BCUT2D eigenvalue weighted by molar-refractivity contribution is -0.114. The van der Waals surface area contributed by atoms with E-state index in [1.54, 1.807) is 0 Å². The number of anilines is 4. The average Bonchev–Trinajstić information content (AvgIpc) is 3.28. The second kappa shape index (κ2) is 8.53. The molecule has 0 radical (unpaired) electrons. The molecule has 0 atom stereocenters. The first-order valence-electron chi connectivity index (χ1n) is 11.4. The smallest absolute Gasteiger partial charge is 0.260 e. The Morgan fingerprint density at radius 1 is 1.06 bits per heavy atom. The van der Waals surface area contributed by atoms with Gasteiger partial charge in [0.15, 0.2) is 0 Å². The van der Waals surface area contributed by atoms with E-state index < -0.39 is 5.60 Å². The van der Waals surface area contributed by atoms with Crippen LogP contribution in [0.25, 0.3) is 5.57 Å². The van der Waals surface area contributed by atoms with Gasteiger partial charge in [0.05, 0.1) is 30.2 Å². The van der Waals surface area contributed by atoms with Gasteiger partial charge in [-0.15, -0.1) is 0 Å². The summed E-state index contributed by atoms with van der Waals surface area (Å²) in [7, 11) is 0. The minimum atomic E-state index is -0.525. The van der Waals surface area contributed by atoms with Crippen molar-refractivity contribution in [1.82, 2.24) is 4.90 Å². The van der Waals surface area contributed by atoms with Crippen LogP contribution in [0.2, 0.25) is 0 Å². The number of carbonyl (C=O) groups is 2. The van der Waals surface area contributed by atoms with Crippen molar-refractivity contribution >= 4 is 40.1 Å². The van der Waals surface area contributed by atoms with E-state index in [4.69, 9.17) is 9.47 Å². The average molecular weight is 461 g/mol. The van der Waals surface area contributed by atoms with Gasteiger partial charge in [0.2, 0.25) is 5.91 Å². The molecular weight excluding hydrogens is 432 g/mol. The van der Waals surface area contributed by atoms with E-state index in [-0.39, 0.29) is 11.8 Å². The van der Waals surface area contributed by atoms with E-state index in [1.165, 1.54) is 6.92 Å². The fourth-order valence-electron chi connectivity index (χ4n) is 4.59. The summed E-state index contributed by atoms with van der Waals surface area (Å²) in [5, 5.41) is 9.08. The van der Waals surface area contributed by atoms with Gasteiger partial charge in [-0.1, -0.05) is 6.07 Å². The molecule has 0 aliphatic carbocycles. The Balaban J connectivity index is 1.43. The molecule has 1 fully saturated rings. The van der Waals surface area contributed by atoms with Crippen LogP contribution in [0.15, 0.2) is 60.0 Å². The van der Waals surface area contributed by atoms with Gasteiger partial charge >= 0.3 is 0 Å². The number of nitrogens with one attached hydrogen (secondary N) is 3. The van der Waals surface area contributed by atoms with E-state index in [0.29, 0.717) is 30.2 Å². The van der Waals surface area contributed by atoms with Crippen molar-refractivity contribution in [1.29, 1.82) is 0 Å². The van der Waals surface area contributed by atoms with Gasteiger partial charge in [-0.3, -0.25) is 9.59 Å². The van der Waals surface area contributed by atoms with Crippen molar-refractivity contribution < 1.29 is 19.1 Å². The lowest BCUT2D eigenvalue weighted by Gasteiger charge is -2.35. The molecule has 176 valence electrons. The quantitative estimate of drug-likeness (QED) is 0.596. The number of ether oxygens (including phenoxy) is 2. The molecule has 34 heavy (non-hydrogen) atoms. The summed E-state index contributed by atoms with van der Waals surface area (Å²) < 4.78 is 11.8. The maximum absolute atomic E-state index is 13.0. The zero-order valence-electron chi connectivity index (χ0n) is 19.5. The number of benzene rings is 2. The molecule has 2 aromatic carbocycles. The van der Waals surface area contributed by atoms with Crippen molar-refractivity contribution in [2.45, 2.75) is 26.4 Å². The zero-order chi connectivity index (χ0) is 23.9. The standard InChI is InChI=1S/C26H28N4O4/c1-16(31)27-17-5-4-6-18(13-17)28-19-7-8-20-21(14-19)29-25(32)24(20)22-15-23(26(2,3)34-22)30-9-11-33-12-10-30/h4-8,13-15,28H,9-12H2,1-3H3,(H,27,31)(H,29,32)/b24-22+. The van der Waals surface area contributed by atoms with Gasteiger partial charge in [0, 0.05) is 48.7 Å². The summed E-state index contributed by atoms with van der Waals surface area (Å²) in [6.07, 6.45) is 2.00. The summed E-state index contributed by atoms with van der Waals surface area (Å²) in [4.78, 5) is 26.6. The Bertz CT molecular complexity index is 1230. The molecule has 8 nitrogen and oxygen atoms in total. The van der Waals surface area contributed by atoms with Crippen LogP contribution in [-0.4, -0.2) is 48.6 Å². The third-order valence-corrected chi connectivity index (χ3v) is 6.08. The van der Waals surface area contributed by atoms with Crippen molar-refractivity contribution in [3.8, 4) is 0 Å². The molecule has 8 heteroatoms. The first kappa shape index (κ1) is 22.0. The van der Waals surface area contributed by atoms with Gasteiger partial charge in [-0.05, 0) is 50.2 Å². The highest BCUT2D eigenvalue weighted by molar-refractivity contribution is 6.32. The Labute approximate surface area is 198 Å². The molecule has 3 aliphatic rings. The number of carbonyl (C=O) groups excluding carboxylic acids is 2. The Morgan fingerprint density at radius 2 is 1.79 bits per heavy atom. The van der Waals surface area contributed by atoms with Crippen LogP contribution in [0.1, 0.15) is 26.3 Å². The molecule has 0 saturated carbocycles. The SMILES string of the molecule is CC(=O)Nc1cccc(Nc2ccc3c(c2)NC(=O)/C3=C2\C=C(N3CCOCC3)C(C)(C)O2)c1. The van der Waals surface area contributed by atoms with Crippen LogP contribution in [0.5, 0.6) is 0 Å². The van der Waals surface area contributed by atoms with Crippen molar-refractivity contribution in [2.24, 2.45) is 0 Å². The highest BCUT2D eigenvalue weighted by Crippen LogP contribution is 2.43. The van der Waals surface area contributed by atoms with Gasteiger partial charge in [0.1, 0.15) is 11.4 Å². The third kappa shape index (κ3) is 4.24. The number of morpholine rings is 1. The molecular formula is C26H28N4O4. The Hall–Kier alpha value is -3.78. The topological polar surface area (TPSA) is 91.9 Å². The molecule has 1 saturated heterocycles. The Kier molecular flexibility index (Phi) is 5.53. The van der Waals surface area contributed by atoms with Crippen LogP contribution in [0.4, 0.5) is 22.7 Å². The third-order valence-electron chi connectivity index (χ3n) is 6.08. The molecule has 5 rings (SSSR count). The molecule has 2 amide bonds. The molecule has 0 aromatic heterocycles. The highest BCUT2D eigenvalue weighted by Gasteiger charge is 2.40. The summed E-state index contributed by atoms with van der Waals surface area (Å²) in [6, 6.07) is 13.2. The van der Waals surface area contributed by atoms with Gasteiger partial charge < -0.3 is 30.3 Å². The molecule has 0 spiro atoms. The van der Waals surface area contributed by atoms with Crippen LogP contribution in [0.3, 0.4) is 0 Å². The summed E-state index contributed by atoms with van der Waals surface area (Å²) in [5.41, 5.74) is 4.99. The number of allylic oxidation sites excluding steroid dienone is 1. The predicted octanol–water partition coefficient (Wildman–Crippen LogP) is 4.08. The van der Waals surface area contributed by atoms with E-state index in [2.05, 4.69) is 20.9 Å². The molecule has 0 unspecified atom stereocenters. The summed E-state index contributed by atoms with van der Waals surface area (Å²) in [6.45, 7) is 8.52. The molecule has 0 bridgehead atoms. The molecule has 3 aliphatic heterocycles. The number of hydrogen-bond donors (Lipinski definition) is 3. The zero-order valence-corrected chi connectivity index (χ0v) is 19.5. The van der Waals surface area contributed by atoms with E-state index in [1.807, 2.05) is 62.4 Å². The first-order valence-corrected chi connectivity index (χ1v) is 11.4. The fourth-order valence-corrected chi connectivity index (χ4v) is 4.59. The Morgan fingerprint density at radius 3 is 2.56 bits per heavy atom. The fraction of sp³-hybridized carbons (Fsp3) is 0.308. The number of hydrogen-bond acceptors (Lipinski definition) is 6. The molecule has 3 N–H and O–H groups in total. The maximum atomic E-state index is 13.0. The van der Waals surface area contributed by atoms with Crippen molar-refractivity contribution in [3.63, 3.8) is 0 Å². The minimum Gasteiger partial charge on any atom is -0.481 e.